The van der Waals surface area contributed by atoms with Gasteiger partial charge in [0.25, 0.3) is 10.0 Å². The van der Waals surface area contributed by atoms with Crippen LogP contribution in [-0.2, 0) is 38.8 Å². The van der Waals surface area contributed by atoms with Crippen LogP contribution in [0.2, 0.25) is 5.02 Å². The summed E-state index contributed by atoms with van der Waals surface area (Å²) in [7, 11) is -4.57. The summed E-state index contributed by atoms with van der Waals surface area (Å²) in [5.74, 6) is -1.15. The molecule has 0 saturated heterocycles. The Hall–Kier alpha value is -4.35. The number of benzene rings is 4. The largest absolute Gasteiger partial charge is 0.416 e. The molecule has 0 saturated carbocycles. The maximum atomic E-state index is 14.5. The fourth-order valence-electron chi connectivity index (χ4n) is 4.97. The number of anilines is 1. The summed E-state index contributed by atoms with van der Waals surface area (Å²) in [6, 6.07) is 24.1. The number of rotatable bonds is 13. The molecule has 2 amide bonds. The van der Waals surface area contributed by atoms with E-state index in [9.17, 15) is 31.2 Å². The zero-order valence-corrected chi connectivity index (χ0v) is 28.3. The van der Waals surface area contributed by atoms with Crippen LogP contribution in [0.1, 0.15) is 36.1 Å². The van der Waals surface area contributed by atoms with Crippen LogP contribution >= 0.6 is 11.6 Å². The third-order valence-electron chi connectivity index (χ3n) is 7.57. The SMILES string of the molecule is Cc1ccc(S(=O)(=O)N(CC(=O)N(Cc2ccc(Cl)cc2)C(Cc2ccccc2)C(=O)NCC(C)C)c2cccc(C(F)(F)F)c2)cc1. The zero-order chi connectivity index (χ0) is 35.1. The third kappa shape index (κ3) is 9.60. The lowest BCUT2D eigenvalue weighted by molar-refractivity contribution is -0.140. The van der Waals surface area contributed by atoms with Crippen LogP contribution in [-0.4, -0.2) is 44.3 Å². The molecule has 1 atom stereocenters. The summed E-state index contributed by atoms with van der Waals surface area (Å²) in [6.45, 7) is 4.94. The van der Waals surface area contributed by atoms with Crippen molar-refractivity contribution >= 4 is 39.1 Å². The van der Waals surface area contributed by atoms with Gasteiger partial charge < -0.3 is 10.2 Å². The molecule has 4 rings (SSSR count). The molecule has 4 aromatic carbocycles. The second-order valence-electron chi connectivity index (χ2n) is 11.9. The van der Waals surface area contributed by atoms with Crippen molar-refractivity contribution in [3.63, 3.8) is 0 Å². The molecule has 0 aromatic heterocycles. The average molecular weight is 700 g/mol. The molecule has 254 valence electrons. The number of carbonyl (C=O) groups excluding carboxylic acids is 2. The van der Waals surface area contributed by atoms with Crippen molar-refractivity contribution < 1.29 is 31.2 Å². The van der Waals surface area contributed by atoms with Gasteiger partial charge in [-0.1, -0.05) is 91.7 Å². The maximum absolute atomic E-state index is 14.5. The molecule has 0 aliphatic rings. The molecule has 4 aromatic rings. The highest BCUT2D eigenvalue weighted by molar-refractivity contribution is 7.92. The molecule has 0 heterocycles. The van der Waals surface area contributed by atoms with Crippen molar-refractivity contribution in [2.45, 2.75) is 50.9 Å². The van der Waals surface area contributed by atoms with E-state index in [1.54, 1.807) is 55.5 Å². The second kappa shape index (κ2) is 15.7. The lowest BCUT2D eigenvalue weighted by Crippen LogP contribution is -2.53. The van der Waals surface area contributed by atoms with Crippen molar-refractivity contribution in [1.29, 1.82) is 0 Å². The Morgan fingerprint density at radius 3 is 2.10 bits per heavy atom. The highest BCUT2D eigenvalue weighted by Gasteiger charge is 2.36. The van der Waals surface area contributed by atoms with Crippen molar-refractivity contribution in [2.24, 2.45) is 5.92 Å². The van der Waals surface area contributed by atoms with Crippen molar-refractivity contribution in [3.8, 4) is 0 Å². The molecule has 0 aliphatic heterocycles. The van der Waals surface area contributed by atoms with Gasteiger partial charge in [-0.15, -0.1) is 0 Å². The van der Waals surface area contributed by atoms with E-state index in [1.807, 2.05) is 32.0 Å². The van der Waals surface area contributed by atoms with Crippen LogP contribution < -0.4 is 9.62 Å². The summed E-state index contributed by atoms with van der Waals surface area (Å²) in [6.07, 6.45) is -4.67. The summed E-state index contributed by atoms with van der Waals surface area (Å²) >= 11 is 6.10. The first kappa shape index (κ1) is 36.5. The molecule has 48 heavy (non-hydrogen) atoms. The Morgan fingerprint density at radius 2 is 1.50 bits per heavy atom. The van der Waals surface area contributed by atoms with Crippen LogP contribution in [0.15, 0.2) is 108 Å². The van der Waals surface area contributed by atoms with Gasteiger partial charge in [0, 0.05) is 24.5 Å². The number of carbonyl (C=O) groups is 2. The van der Waals surface area contributed by atoms with E-state index in [1.165, 1.54) is 23.1 Å². The molecule has 7 nitrogen and oxygen atoms in total. The number of amides is 2. The van der Waals surface area contributed by atoms with Crippen molar-refractivity contribution in [2.75, 3.05) is 17.4 Å². The maximum Gasteiger partial charge on any atom is 0.416 e. The van der Waals surface area contributed by atoms with Gasteiger partial charge in [0.2, 0.25) is 11.8 Å². The molecule has 1 N–H and O–H groups in total. The molecule has 1 unspecified atom stereocenters. The second-order valence-corrected chi connectivity index (χ2v) is 14.2. The number of alkyl halides is 3. The van der Waals surface area contributed by atoms with Crippen molar-refractivity contribution in [3.05, 3.63) is 130 Å². The highest BCUT2D eigenvalue weighted by atomic mass is 35.5. The van der Waals surface area contributed by atoms with E-state index in [-0.39, 0.29) is 29.5 Å². The Balaban J connectivity index is 1.84. The summed E-state index contributed by atoms with van der Waals surface area (Å²) in [4.78, 5) is 29.4. The van der Waals surface area contributed by atoms with E-state index in [2.05, 4.69) is 5.32 Å². The summed E-state index contributed by atoms with van der Waals surface area (Å²) in [5.41, 5.74) is 0.687. The predicted molar refractivity (Wildman–Crippen MR) is 181 cm³/mol. The zero-order valence-electron chi connectivity index (χ0n) is 26.7. The minimum Gasteiger partial charge on any atom is -0.354 e. The van der Waals surface area contributed by atoms with Gasteiger partial charge in [0.1, 0.15) is 12.6 Å². The Labute approximate surface area is 284 Å². The lowest BCUT2D eigenvalue weighted by Gasteiger charge is -2.34. The first-order chi connectivity index (χ1) is 22.6. The predicted octanol–water partition coefficient (Wildman–Crippen LogP) is 7.27. The average Bonchev–Trinajstić information content (AvgIpc) is 3.05. The monoisotopic (exact) mass is 699 g/mol. The van der Waals surface area contributed by atoms with E-state index in [0.29, 0.717) is 27.5 Å². The van der Waals surface area contributed by atoms with E-state index < -0.39 is 46.2 Å². The van der Waals surface area contributed by atoms with Gasteiger partial charge in [-0.25, -0.2) is 8.42 Å². The lowest BCUT2D eigenvalue weighted by atomic mass is 10.0. The number of halogens is 4. The van der Waals surface area contributed by atoms with Gasteiger partial charge in [-0.05, 0) is 66.4 Å². The Morgan fingerprint density at radius 1 is 0.854 bits per heavy atom. The smallest absolute Gasteiger partial charge is 0.354 e. The molecule has 0 spiro atoms. The quantitative estimate of drug-likeness (QED) is 0.159. The van der Waals surface area contributed by atoms with Gasteiger partial charge in [0.15, 0.2) is 0 Å². The molecule has 0 bridgehead atoms. The summed E-state index contributed by atoms with van der Waals surface area (Å²) < 4.78 is 70.3. The minimum absolute atomic E-state index is 0.0956. The third-order valence-corrected chi connectivity index (χ3v) is 9.61. The van der Waals surface area contributed by atoms with Crippen LogP contribution in [0.4, 0.5) is 18.9 Å². The normalized spacial score (nSPS) is 12.4. The van der Waals surface area contributed by atoms with Crippen molar-refractivity contribution in [1.82, 2.24) is 10.2 Å². The molecular weight excluding hydrogens is 663 g/mol. The van der Waals surface area contributed by atoms with Crippen LogP contribution in [0.5, 0.6) is 0 Å². The highest BCUT2D eigenvalue weighted by Crippen LogP contribution is 2.33. The number of hydrogen-bond donors (Lipinski definition) is 1. The van der Waals surface area contributed by atoms with Crippen LogP contribution in [0.3, 0.4) is 0 Å². The van der Waals surface area contributed by atoms with Crippen LogP contribution in [0, 0.1) is 12.8 Å². The molecule has 0 aliphatic carbocycles. The number of hydrogen-bond acceptors (Lipinski definition) is 4. The van der Waals surface area contributed by atoms with Gasteiger partial charge in [-0.3, -0.25) is 13.9 Å². The minimum atomic E-state index is -4.77. The number of nitrogens with one attached hydrogen (secondary N) is 1. The fraction of sp³-hybridized carbons (Fsp3) is 0.278. The van der Waals surface area contributed by atoms with E-state index in [0.717, 1.165) is 23.3 Å². The molecule has 0 radical (unpaired) electrons. The molecular formula is C36H37ClF3N3O4S. The molecule has 0 fully saturated rings. The fourth-order valence-corrected chi connectivity index (χ4v) is 6.50. The number of aryl methyl sites for hydroxylation is 1. The first-order valence-electron chi connectivity index (χ1n) is 15.3. The summed E-state index contributed by atoms with van der Waals surface area (Å²) in [5, 5.41) is 3.34. The van der Waals surface area contributed by atoms with E-state index >= 15 is 0 Å². The first-order valence-corrected chi connectivity index (χ1v) is 17.1. The van der Waals surface area contributed by atoms with Gasteiger partial charge in [-0.2, -0.15) is 13.2 Å². The number of sulfonamides is 1. The van der Waals surface area contributed by atoms with Gasteiger partial charge >= 0.3 is 6.18 Å². The Kier molecular flexibility index (Phi) is 11.9. The van der Waals surface area contributed by atoms with Gasteiger partial charge in [0.05, 0.1) is 16.1 Å². The standard InChI is InChI=1S/C36H37ClF3N3O4S/c1-25(2)22-41-35(45)33(20-27-8-5-4-6-9-27)42(23-28-14-16-30(37)17-15-28)34(44)24-43(31-11-7-10-29(21-31)36(38,39)40)48(46,47)32-18-12-26(3)13-19-32/h4-19,21,25,33H,20,22-24H2,1-3H3,(H,41,45). The number of nitrogens with zero attached hydrogens (tertiary/aromatic N) is 2. The Bertz CT molecular complexity index is 1800. The topological polar surface area (TPSA) is 86.8 Å². The van der Waals surface area contributed by atoms with Crippen LogP contribution in [0.25, 0.3) is 0 Å². The molecule has 12 heteroatoms. The van der Waals surface area contributed by atoms with E-state index in [4.69, 9.17) is 11.6 Å².